The minimum atomic E-state index is -0.163. The van der Waals surface area contributed by atoms with Crippen LogP contribution in [0.5, 0.6) is 0 Å². The number of hydrogen-bond acceptors (Lipinski definition) is 4. The monoisotopic (exact) mass is 203 g/mol. The minimum Gasteiger partial charge on any atom is -0.432 e. The maximum absolute atomic E-state index is 11.4. The SMILES string of the molecule is O=C(Cc1ccncc1)Nc1ncco1. The standard InChI is InChI=1S/C10H9N3O2/c14-9(13-10-12-5-6-15-10)7-8-1-3-11-4-2-8/h1-6H,7H2,(H,12,13,14). The van der Waals surface area contributed by atoms with Crippen LogP contribution < -0.4 is 5.32 Å². The van der Waals surface area contributed by atoms with Crippen molar-refractivity contribution in [1.29, 1.82) is 0 Å². The molecule has 2 rings (SSSR count). The van der Waals surface area contributed by atoms with Crippen LogP contribution in [0.3, 0.4) is 0 Å². The van der Waals surface area contributed by atoms with Crippen LogP contribution in [0.2, 0.25) is 0 Å². The molecule has 0 saturated heterocycles. The van der Waals surface area contributed by atoms with Crippen molar-refractivity contribution in [2.75, 3.05) is 5.32 Å². The molecule has 0 saturated carbocycles. The van der Waals surface area contributed by atoms with Gasteiger partial charge in [0, 0.05) is 12.4 Å². The summed E-state index contributed by atoms with van der Waals surface area (Å²) in [5, 5.41) is 2.53. The Morgan fingerprint density at radius 1 is 1.33 bits per heavy atom. The van der Waals surface area contributed by atoms with Gasteiger partial charge < -0.3 is 4.42 Å². The molecule has 0 atom stereocenters. The highest BCUT2D eigenvalue weighted by atomic mass is 16.4. The van der Waals surface area contributed by atoms with Crippen LogP contribution in [0.4, 0.5) is 6.01 Å². The Labute approximate surface area is 86.2 Å². The fourth-order valence-electron chi connectivity index (χ4n) is 1.13. The van der Waals surface area contributed by atoms with Gasteiger partial charge in [-0.15, -0.1) is 0 Å². The van der Waals surface area contributed by atoms with Crippen molar-refractivity contribution in [3.05, 3.63) is 42.5 Å². The van der Waals surface area contributed by atoms with E-state index in [-0.39, 0.29) is 18.3 Å². The first kappa shape index (κ1) is 9.39. The molecule has 0 fully saturated rings. The van der Waals surface area contributed by atoms with Crippen LogP contribution in [-0.2, 0) is 11.2 Å². The Kier molecular flexibility index (Phi) is 2.73. The summed E-state index contributed by atoms with van der Waals surface area (Å²) in [7, 11) is 0. The van der Waals surface area contributed by atoms with E-state index in [9.17, 15) is 4.79 Å². The largest absolute Gasteiger partial charge is 0.432 e. The Hall–Kier alpha value is -2.17. The second-order valence-corrected chi connectivity index (χ2v) is 2.92. The third-order valence-corrected chi connectivity index (χ3v) is 1.79. The quantitative estimate of drug-likeness (QED) is 0.815. The van der Waals surface area contributed by atoms with Crippen LogP contribution in [0.15, 0.2) is 41.4 Å². The van der Waals surface area contributed by atoms with E-state index < -0.39 is 0 Å². The smallest absolute Gasteiger partial charge is 0.301 e. The molecule has 0 aromatic carbocycles. The van der Waals surface area contributed by atoms with Gasteiger partial charge in [0.25, 0.3) is 0 Å². The topological polar surface area (TPSA) is 68.0 Å². The molecule has 0 aliphatic carbocycles. The number of hydrogen-bond donors (Lipinski definition) is 1. The molecule has 0 aliphatic rings. The number of rotatable bonds is 3. The lowest BCUT2D eigenvalue weighted by atomic mass is 10.2. The van der Waals surface area contributed by atoms with Crippen LogP contribution in [-0.4, -0.2) is 15.9 Å². The average molecular weight is 203 g/mol. The second-order valence-electron chi connectivity index (χ2n) is 2.92. The van der Waals surface area contributed by atoms with Gasteiger partial charge in [0.05, 0.1) is 12.6 Å². The number of pyridine rings is 1. The van der Waals surface area contributed by atoms with Gasteiger partial charge in [0.2, 0.25) is 5.91 Å². The molecule has 0 bridgehead atoms. The van der Waals surface area contributed by atoms with Crippen LogP contribution in [0, 0.1) is 0 Å². The summed E-state index contributed by atoms with van der Waals surface area (Å²) in [4.78, 5) is 19.1. The summed E-state index contributed by atoms with van der Waals surface area (Å²) >= 11 is 0. The van der Waals surface area contributed by atoms with Crippen molar-refractivity contribution >= 4 is 11.9 Å². The van der Waals surface area contributed by atoms with Gasteiger partial charge >= 0.3 is 6.01 Å². The second kappa shape index (κ2) is 4.36. The van der Waals surface area contributed by atoms with Gasteiger partial charge in [-0.25, -0.2) is 4.98 Å². The van der Waals surface area contributed by atoms with Gasteiger partial charge in [0.15, 0.2) is 0 Å². The zero-order valence-corrected chi connectivity index (χ0v) is 7.88. The molecule has 0 unspecified atom stereocenters. The molecular formula is C10H9N3O2. The Bertz CT molecular complexity index is 425. The number of nitrogens with zero attached hydrogens (tertiary/aromatic N) is 2. The highest BCUT2D eigenvalue weighted by molar-refractivity contribution is 5.90. The molecule has 1 amide bonds. The number of carbonyl (C=O) groups is 1. The van der Waals surface area contributed by atoms with E-state index in [0.29, 0.717) is 0 Å². The van der Waals surface area contributed by atoms with E-state index in [4.69, 9.17) is 4.42 Å². The van der Waals surface area contributed by atoms with Gasteiger partial charge in [-0.2, -0.15) is 0 Å². The maximum atomic E-state index is 11.4. The lowest BCUT2D eigenvalue weighted by Gasteiger charge is -2.00. The number of aromatic nitrogens is 2. The minimum absolute atomic E-state index is 0.163. The number of nitrogens with one attached hydrogen (secondary N) is 1. The van der Waals surface area contributed by atoms with Crippen molar-refractivity contribution in [2.24, 2.45) is 0 Å². The van der Waals surface area contributed by atoms with Crippen molar-refractivity contribution in [1.82, 2.24) is 9.97 Å². The van der Waals surface area contributed by atoms with Crippen molar-refractivity contribution in [3.63, 3.8) is 0 Å². The number of carbonyl (C=O) groups excluding carboxylic acids is 1. The van der Waals surface area contributed by atoms with Crippen LogP contribution >= 0.6 is 0 Å². The molecule has 15 heavy (non-hydrogen) atoms. The molecule has 76 valence electrons. The summed E-state index contributed by atoms with van der Waals surface area (Å²) in [6, 6.07) is 3.79. The zero-order chi connectivity index (χ0) is 10.5. The summed E-state index contributed by atoms with van der Waals surface area (Å²) in [5.41, 5.74) is 0.897. The van der Waals surface area contributed by atoms with Gasteiger partial charge in [-0.3, -0.25) is 15.1 Å². The van der Waals surface area contributed by atoms with E-state index in [1.54, 1.807) is 24.5 Å². The summed E-state index contributed by atoms with van der Waals surface area (Å²) < 4.78 is 4.89. The van der Waals surface area contributed by atoms with Gasteiger partial charge in [-0.1, -0.05) is 0 Å². The molecular weight excluding hydrogens is 194 g/mol. The Morgan fingerprint density at radius 2 is 2.13 bits per heavy atom. The van der Waals surface area contributed by atoms with E-state index in [1.165, 1.54) is 12.5 Å². The predicted octanol–water partition coefficient (Wildman–Crippen LogP) is 1.25. The molecule has 0 radical (unpaired) electrons. The van der Waals surface area contributed by atoms with Crippen molar-refractivity contribution in [2.45, 2.75) is 6.42 Å². The fourth-order valence-corrected chi connectivity index (χ4v) is 1.13. The lowest BCUT2D eigenvalue weighted by molar-refractivity contribution is -0.115. The molecule has 5 nitrogen and oxygen atoms in total. The fraction of sp³-hybridized carbons (Fsp3) is 0.100. The molecule has 5 heteroatoms. The lowest BCUT2D eigenvalue weighted by Crippen LogP contribution is -2.14. The Balaban J connectivity index is 1.94. The molecule has 2 aromatic heterocycles. The van der Waals surface area contributed by atoms with E-state index >= 15 is 0 Å². The zero-order valence-electron chi connectivity index (χ0n) is 7.88. The third-order valence-electron chi connectivity index (χ3n) is 1.79. The maximum Gasteiger partial charge on any atom is 0.301 e. The molecule has 1 N–H and O–H groups in total. The third kappa shape index (κ3) is 2.63. The van der Waals surface area contributed by atoms with E-state index in [1.807, 2.05) is 0 Å². The number of oxazole rings is 1. The van der Waals surface area contributed by atoms with Gasteiger partial charge in [-0.05, 0) is 17.7 Å². The normalized spacial score (nSPS) is 9.87. The van der Waals surface area contributed by atoms with Gasteiger partial charge in [0.1, 0.15) is 6.26 Å². The summed E-state index contributed by atoms with van der Waals surface area (Å²) in [6.07, 6.45) is 6.45. The highest BCUT2D eigenvalue weighted by Gasteiger charge is 2.05. The Morgan fingerprint density at radius 3 is 2.80 bits per heavy atom. The molecule has 0 spiro atoms. The molecule has 0 aliphatic heterocycles. The van der Waals surface area contributed by atoms with Crippen molar-refractivity contribution in [3.8, 4) is 0 Å². The van der Waals surface area contributed by atoms with E-state index in [2.05, 4.69) is 15.3 Å². The first-order valence-corrected chi connectivity index (χ1v) is 4.43. The van der Waals surface area contributed by atoms with Crippen LogP contribution in [0.1, 0.15) is 5.56 Å². The molecule has 2 heterocycles. The average Bonchev–Trinajstić information content (AvgIpc) is 2.71. The van der Waals surface area contributed by atoms with E-state index in [0.717, 1.165) is 5.56 Å². The summed E-state index contributed by atoms with van der Waals surface area (Å²) in [6.45, 7) is 0. The highest BCUT2D eigenvalue weighted by Crippen LogP contribution is 2.03. The first-order valence-electron chi connectivity index (χ1n) is 4.43. The summed E-state index contributed by atoms with van der Waals surface area (Å²) in [5.74, 6) is -0.163. The first-order chi connectivity index (χ1) is 7.34. The number of amides is 1. The molecule has 2 aromatic rings. The number of anilines is 1. The van der Waals surface area contributed by atoms with Crippen molar-refractivity contribution < 1.29 is 9.21 Å². The van der Waals surface area contributed by atoms with Crippen LogP contribution in [0.25, 0.3) is 0 Å². The predicted molar refractivity (Wildman–Crippen MR) is 53.1 cm³/mol.